The van der Waals surface area contributed by atoms with Crippen molar-refractivity contribution >= 4 is 11.6 Å². The molecule has 3 N–H and O–H groups in total. The third kappa shape index (κ3) is 2.10. The molecular formula is C10H13N7O2. The second-order valence-corrected chi connectivity index (χ2v) is 3.99. The lowest BCUT2D eigenvalue weighted by Gasteiger charge is -2.09. The minimum absolute atomic E-state index is 0.115. The molecule has 0 amide bonds. The molecule has 0 saturated heterocycles. The monoisotopic (exact) mass is 263 g/mol. The average molecular weight is 263 g/mol. The van der Waals surface area contributed by atoms with Gasteiger partial charge in [0.2, 0.25) is 11.8 Å². The number of hydrogen-bond donors (Lipinski definition) is 2. The first-order chi connectivity index (χ1) is 8.95. The first-order valence-electron chi connectivity index (χ1n) is 5.46. The van der Waals surface area contributed by atoms with Gasteiger partial charge in [0.25, 0.3) is 0 Å². The fourth-order valence-electron chi connectivity index (χ4n) is 1.71. The zero-order valence-corrected chi connectivity index (χ0v) is 10.7. The SMILES string of the molecule is Cc1nc(NN)nc(-n2cnc(C)c2C)c1[N+](=O)[O-]. The van der Waals surface area contributed by atoms with Crippen LogP contribution in [0.15, 0.2) is 6.33 Å². The highest BCUT2D eigenvalue weighted by atomic mass is 16.6. The summed E-state index contributed by atoms with van der Waals surface area (Å²) in [6.45, 7) is 5.15. The molecule has 0 atom stereocenters. The Morgan fingerprint density at radius 3 is 2.47 bits per heavy atom. The number of hydrogen-bond acceptors (Lipinski definition) is 7. The predicted molar refractivity (Wildman–Crippen MR) is 67.8 cm³/mol. The van der Waals surface area contributed by atoms with E-state index in [4.69, 9.17) is 5.84 Å². The van der Waals surface area contributed by atoms with E-state index in [1.54, 1.807) is 11.5 Å². The van der Waals surface area contributed by atoms with Crippen LogP contribution in [0.25, 0.3) is 5.82 Å². The first-order valence-corrected chi connectivity index (χ1v) is 5.46. The molecule has 0 fully saturated rings. The van der Waals surface area contributed by atoms with E-state index in [1.807, 2.05) is 6.92 Å². The van der Waals surface area contributed by atoms with Crippen molar-refractivity contribution in [2.75, 3.05) is 5.43 Å². The molecule has 2 heterocycles. The number of imidazole rings is 1. The van der Waals surface area contributed by atoms with E-state index < -0.39 is 4.92 Å². The molecule has 2 aromatic rings. The molecule has 0 unspecified atom stereocenters. The van der Waals surface area contributed by atoms with Crippen LogP contribution in [0.1, 0.15) is 17.1 Å². The van der Waals surface area contributed by atoms with Gasteiger partial charge in [-0.3, -0.25) is 20.1 Å². The summed E-state index contributed by atoms with van der Waals surface area (Å²) in [4.78, 5) is 22.7. The second kappa shape index (κ2) is 4.61. The molecule has 0 aliphatic rings. The van der Waals surface area contributed by atoms with Crippen LogP contribution in [0, 0.1) is 30.9 Å². The molecular weight excluding hydrogens is 250 g/mol. The highest BCUT2D eigenvalue weighted by Gasteiger charge is 2.24. The smallest absolute Gasteiger partial charge is 0.292 e. The number of aryl methyl sites for hydroxylation is 2. The van der Waals surface area contributed by atoms with Gasteiger partial charge in [-0.05, 0) is 20.8 Å². The molecule has 0 bridgehead atoms. The van der Waals surface area contributed by atoms with E-state index in [0.717, 1.165) is 11.4 Å². The van der Waals surface area contributed by atoms with Gasteiger partial charge in [0.1, 0.15) is 12.0 Å². The number of nitrogens with zero attached hydrogens (tertiary/aromatic N) is 5. The van der Waals surface area contributed by atoms with Crippen molar-refractivity contribution in [1.82, 2.24) is 19.5 Å². The molecule has 2 rings (SSSR count). The van der Waals surface area contributed by atoms with Crippen molar-refractivity contribution in [2.24, 2.45) is 5.84 Å². The number of nitrogen functional groups attached to an aromatic ring is 1. The van der Waals surface area contributed by atoms with Crippen molar-refractivity contribution in [1.29, 1.82) is 0 Å². The molecule has 9 heteroatoms. The van der Waals surface area contributed by atoms with Gasteiger partial charge in [-0.15, -0.1) is 0 Å². The molecule has 19 heavy (non-hydrogen) atoms. The lowest BCUT2D eigenvalue weighted by Crippen LogP contribution is -2.15. The maximum absolute atomic E-state index is 11.2. The number of nitro groups is 1. The fraction of sp³-hybridized carbons (Fsp3) is 0.300. The Kier molecular flexibility index (Phi) is 3.13. The van der Waals surface area contributed by atoms with Crippen LogP contribution in [0.2, 0.25) is 0 Å². The van der Waals surface area contributed by atoms with Gasteiger partial charge in [0.05, 0.1) is 10.6 Å². The summed E-state index contributed by atoms with van der Waals surface area (Å²) >= 11 is 0. The van der Waals surface area contributed by atoms with Crippen LogP contribution in [0.4, 0.5) is 11.6 Å². The summed E-state index contributed by atoms with van der Waals surface area (Å²) in [5, 5.41) is 11.2. The van der Waals surface area contributed by atoms with Crippen LogP contribution >= 0.6 is 0 Å². The third-order valence-electron chi connectivity index (χ3n) is 2.83. The van der Waals surface area contributed by atoms with Crippen molar-refractivity contribution in [3.8, 4) is 5.82 Å². The molecule has 9 nitrogen and oxygen atoms in total. The highest BCUT2D eigenvalue weighted by Crippen LogP contribution is 2.26. The van der Waals surface area contributed by atoms with Crippen LogP contribution in [0.3, 0.4) is 0 Å². The minimum Gasteiger partial charge on any atom is -0.292 e. The summed E-state index contributed by atoms with van der Waals surface area (Å²) in [6.07, 6.45) is 1.49. The van der Waals surface area contributed by atoms with E-state index in [1.165, 1.54) is 13.3 Å². The largest absolute Gasteiger partial charge is 0.333 e. The van der Waals surface area contributed by atoms with Gasteiger partial charge in [0.15, 0.2) is 0 Å². The summed E-state index contributed by atoms with van der Waals surface area (Å²) in [5.41, 5.74) is 3.89. The van der Waals surface area contributed by atoms with Crippen molar-refractivity contribution in [2.45, 2.75) is 20.8 Å². The van der Waals surface area contributed by atoms with Gasteiger partial charge >= 0.3 is 5.69 Å². The average Bonchev–Trinajstić information content (AvgIpc) is 2.68. The van der Waals surface area contributed by atoms with Gasteiger partial charge in [0, 0.05) is 5.69 Å². The van der Waals surface area contributed by atoms with Crippen molar-refractivity contribution < 1.29 is 4.92 Å². The van der Waals surface area contributed by atoms with Crippen molar-refractivity contribution in [3.05, 3.63) is 33.5 Å². The Morgan fingerprint density at radius 1 is 1.32 bits per heavy atom. The van der Waals surface area contributed by atoms with Gasteiger partial charge in [-0.25, -0.2) is 15.8 Å². The molecule has 0 aromatic carbocycles. The Balaban J connectivity index is 2.76. The Labute approximate surface area is 108 Å². The second-order valence-electron chi connectivity index (χ2n) is 3.99. The van der Waals surface area contributed by atoms with E-state index in [-0.39, 0.29) is 23.1 Å². The zero-order chi connectivity index (χ0) is 14.2. The third-order valence-corrected chi connectivity index (χ3v) is 2.83. The number of nitrogens with one attached hydrogen (secondary N) is 1. The Hall–Kier alpha value is -2.55. The van der Waals surface area contributed by atoms with Gasteiger partial charge in [-0.1, -0.05) is 0 Å². The molecule has 0 radical (unpaired) electrons. The molecule has 0 spiro atoms. The summed E-state index contributed by atoms with van der Waals surface area (Å²) in [6, 6.07) is 0. The normalized spacial score (nSPS) is 10.5. The maximum atomic E-state index is 11.2. The number of nitrogens with two attached hydrogens (primary N) is 1. The molecule has 2 aromatic heterocycles. The fourth-order valence-corrected chi connectivity index (χ4v) is 1.71. The van der Waals surface area contributed by atoms with E-state index in [2.05, 4.69) is 20.4 Å². The lowest BCUT2D eigenvalue weighted by atomic mass is 10.3. The molecule has 0 aliphatic heterocycles. The van der Waals surface area contributed by atoms with E-state index in [9.17, 15) is 10.1 Å². The number of aromatic nitrogens is 4. The van der Waals surface area contributed by atoms with Crippen LogP contribution in [-0.4, -0.2) is 24.4 Å². The Bertz CT molecular complexity index is 650. The number of hydrazine groups is 1. The predicted octanol–water partition coefficient (Wildman–Crippen LogP) is 0.781. The summed E-state index contributed by atoms with van der Waals surface area (Å²) in [7, 11) is 0. The number of rotatable bonds is 3. The van der Waals surface area contributed by atoms with Crippen LogP contribution in [-0.2, 0) is 0 Å². The van der Waals surface area contributed by atoms with Gasteiger partial charge in [-0.2, -0.15) is 4.98 Å². The highest BCUT2D eigenvalue weighted by molar-refractivity contribution is 5.54. The first kappa shape index (κ1) is 12.9. The molecule has 0 aliphatic carbocycles. The molecule has 100 valence electrons. The standard InChI is InChI=1S/C10H13N7O2/c1-5-7(3)16(4-12-5)9-8(17(18)19)6(2)13-10(14-9)15-11/h4H,11H2,1-3H3,(H,13,14,15). The minimum atomic E-state index is -0.514. The van der Waals surface area contributed by atoms with E-state index >= 15 is 0 Å². The van der Waals surface area contributed by atoms with E-state index in [0.29, 0.717) is 0 Å². The van der Waals surface area contributed by atoms with Crippen LogP contribution in [0.5, 0.6) is 0 Å². The van der Waals surface area contributed by atoms with Crippen molar-refractivity contribution in [3.63, 3.8) is 0 Å². The Morgan fingerprint density at radius 2 is 2.00 bits per heavy atom. The zero-order valence-electron chi connectivity index (χ0n) is 10.7. The number of anilines is 1. The lowest BCUT2D eigenvalue weighted by molar-refractivity contribution is -0.385. The maximum Gasteiger partial charge on any atom is 0.333 e. The molecule has 0 saturated carbocycles. The van der Waals surface area contributed by atoms with Crippen LogP contribution < -0.4 is 11.3 Å². The summed E-state index contributed by atoms with van der Waals surface area (Å²) in [5.74, 6) is 5.52. The summed E-state index contributed by atoms with van der Waals surface area (Å²) < 4.78 is 1.54. The quantitative estimate of drug-likeness (QED) is 0.476. The van der Waals surface area contributed by atoms with Gasteiger partial charge < -0.3 is 0 Å². The topological polar surface area (TPSA) is 125 Å².